The molecule has 0 aromatic heterocycles. The molecule has 0 saturated carbocycles. The maximum atomic E-state index is 12.2. The standard InChI is InChI=1S/C16H19N5O2/c1-9-5-4-6-11(10(9)2)20-7-8-21-12-13(17-15(20)21)19(3)16(23)18-14(12)22/h4-6,12-13H,7-8H2,1-3H3,(H,18,22,23). The molecule has 3 amide bonds. The van der Waals surface area contributed by atoms with Gasteiger partial charge in [0.05, 0.1) is 0 Å². The fourth-order valence-electron chi connectivity index (χ4n) is 3.54. The zero-order chi connectivity index (χ0) is 16.3. The maximum Gasteiger partial charge on any atom is 0.325 e. The molecular weight excluding hydrogens is 294 g/mol. The monoisotopic (exact) mass is 313 g/mol. The minimum Gasteiger partial charge on any atom is -0.325 e. The van der Waals surface area contributed by atoms with Crippen LogP contribution in [0, 0.1) is 13.8 Å². The van der Waals surface area contributed by atoms with Gasteiger partial charge in [-0.15, -0.1) is 0 Å². The van der Waals surface area contributed by atoms with Crippen LogP contribution in [0.1, 0.15) is 11.1 Å². The first kappa shape index (κ1) is 14.0. The van der Waals surface area contributed by atoms with Gasteiger partial charge in [-0.2, -0.15) is 0 Å². The van der Waals surface area contributed by atoms with E-state index in [1.807, 2.05) is 11.0 Å². The van der Waals surface area contributed by atoms with Crippen molar-refractivity contribution in [3.8, 4) is 0 Å². The number of carbonyl (C=O) groups is 2. The first-order valence-electron chi connectivity index (χ1n) is 7.75. The second-order valence-electron chi connectivity index (χ2n) is 6.26. The Hall–Kier alpha value is -2.57. The summed E-state index contributed by atoms with van der Waals surface area (Å²) in [6, 6.07) is 5.38. The summed E-state index contributed by atoms with van der Waals surface area (Å²) in [6.07, 6.45) is -0.445. The number of hydrogen-bond acceptors (Lipinski definition) is 5. The fourth-order valence-corrected chi connectivity index (χ4v) is 3.54. The number of nitrogens with one attached hydrogen (secondary N) is 1. The maximum absolute atomic E-state index is 12.2. The zero-order valence-electron chi connectivity index (χ0n) is 13.4. The number of anilines is 1. The molecule has 2 saturated heterocycles. The Morgan fingerprint density at radius 2 is 2.00 bits per heavy atom. The molecule has 3 aliphatic rings. The van der Waals surface area contributed by atoms with Crippen molar-refractivity contribution < 1.29 is 9.59 Å². The van der Waals surface area contributed by atoms with E-state index in [-0.39, 0.29) is 11.9 Å². The lowest BCUT2D eigenvalue weighted by molar-refractivity contribution is -0.126. The third kappa shape index (κ3) is 1.85. The second kappa shape index (κ2) is 4.71. The van der Waals surface area contributed by atoms with E-state index in [9.17, 15) is 9.59 Å². The van der Waals surface area contributed by atoms with Crippen LogP contribution in [0.15, 0.2) is 23.2 Å². The number of aryl methyl sites for hydroxylation is 1. The van der Waals surface area contributed by atoms with Gasteiger partial charge >= 0.3 is 6.03 Å². The molecule has 0 radical (unpaired) electrons. The van der Waals surface area contributed by atoms with Gasteiger partial charge in [0.15, 0.2) is 12.2 Å². The Balaban J connectivity index is 1.74. The minimum absolute atomic E-state index is 0.264. The number of benzene rings is 1. The largest absolute Gasteiger partial charge is 0.325 e. The number of aliphatic imine (C=N–C) groups is 1. The van der Waals surface area contributed by atoms with Gasteiger partial charge in [-0.1, -0.05) is 12.1 Å². The fraction of sp³-hybridized carbons (Fsp3) is 0.438. The molecule has 2 fully saturated rings. The van der Waals surface area contributed by atoms with Gasteiger partial charge in [-0.05, 0) is 31.0 Å². The predicted molar refractivity (Wildman–Crippen MR) is 86.3 cm³/mol. The van der Waals surface area contributed by atoms with Gasteiger partial charge in [-0.25, -0.2) is 9.79 Å². The summed E-state index contributed by atoms with van der Waals surface area (Å²) >= 11 is 0. The van der Waals surface area contributed by atoms with E-state index in [1.165, 1.54) is 16.0 Å². The Morgan fingerprint density at radius 1 is 1.22 bits per heavy atom. The van der Waals surface area contributed by atoms with E-state index in [0.717, 1.165) is 24.7 Å². The number of imide groups is 1. The molecule has 23 heavy (non-hydrogen) atoms. The number of fused-ring (bicyclic) bond motifs is 3. The second-order valence-corrected chi connectivity index (χ2v) is 6.26. The summed E-state index contributed by atoms with van der Waals surface area (Å²) in [7, 11) is 1.67. The van der Waals surface area contributed by atoms with Crippen molar-refractivity contribution >= 4 is 23.6 Å². The highest BCUT2D eigenvalue weighted by molar-refractivity contribution is 6.08. The van der Waals surface area contributed by atoms with Crippen molar-refractivity contribution in [1.29, 1.82) is 0 Å². The van der Waals surface area contributed by atoms with Crippen LogP contribution < -0.4 is 10.2 Å². The number of guanidine groups is 1. The third-order valence-corrected chi connectivity index (χ3v) is 5.01. The molecule has 7 nitrogen and oxygen atoms in total. The van der Waals surface area contributed by atoms with Crippen LogP contribution in [-0.4, -0.2) is 60.0 Å². The highest BCUT2D eigenvalue weighted by Crippen LogP contribution is 2.33. The van der Waals surface area contributed by atoms with Crippen LogP contribution in [0.3, 0.4) is 0 Å². The zero-order valence-corrected chi connectivity index (χ0v) is 13.4. The van der Waals surface area contributed by atoms with Crippen molar-refractivity contribution in [3.05, 3.63) is 29.3 Å². The van der Waals surface area contributed by atoms with Crippen molar-refractivity contribution in [2.24, 2.45) is 4.99 Å². The van der Waals surface area contributed by atoms with Crippen LogP contribution in [0.5, 0.6) is 0 Å². The van der Waals surface area contributed by atoms with Crippen LogP contribution in [-0.2, 0) is 4.79 Å². The number of amides is 3. The van der Waals surface area contributed by atoms with E-state index >= 15 is 0 Å². The van der Waals surface area contributed by atoms with Crippen LogP contribution in [0.2, 0.25) is 0 Å². The Kier molecular flexibility index (Phi) is 2.88. The molecule has 0 bridgehead atoms. The first-order valence-corrected chi connectivity index (χ1v) is 7.75. The first-order chi connectivity index (χ1) is 11.0. The van der Waals surface area contributed by atoms with E-state index in [2.05, 4.69) is 36.2 Å². The van der Waals surface area contributed by atoms with Crippen LogP contribution in [0.4, 0.5) is 10.5 Å². The molecule has 1 aromatic carbocycles. The van der Waals surface area contributed by atoms with Crippen LogP contribution >= 0.6 is 0 Å². The molecule has 1 aromatic rings. The number of nitrogens with zero attached hydrogens (tertiary/aromatic N) is 4. The SMILES string of the molecule is Cc1cccc(N2CCN3C2=NC2C3C(=O)NC(=O)N2C)c1C. The van der Waals surface area contributed by atoms with Crippen molar-refractivity contribution in [1.82, 2.24) is 15.1 Å². The Labute approximate surface area is 134 Å². The highest BCUT2D eigenvalue weighted by Gasteiger charge is 2.51. The molecule has 120 valence electrons. The summed E-state index contributed by atoms with van der Waals surface area (Å²) in [5.41, 5.74) is 3.54. The summed E-state index contributed by atoms with van der Waals surface area (Å²) < 4.78 is 0. The molecule has 3 aliphatic heterocycles. The molecule has 1 N–H and O–H groups in total. The smallest absolute Gasteiger partial charge is 0.325 e. The Morgan fingerprint density at radius 3 is 2.78 bits per heavy atom. The van der Waals surface area contributed by atoms with Crippen molar-refractivity contribution in [2.45, 2.75) is 26.1 Å². The lowest BCUT2D eigenvalue weighted by Gasteiger charge is -2.34. The molecule has 0 aliphatic carbocycles. The lowest BCUT2D eigenvalue weighted by Crippen LogP contribution is -2.63. The number of rotatable bonds is 1. The average molecular weight is 313 g/mol. The molecule has 4 rings (SSSR count). The van der Waals surface area contributed by atoms with Gasteiger partial charge in [0, 0.05) is 25.8 Å². The van der Waals surface area contributed by atoms with E-state index in [1.54, 1.807) is 7.05 Å². The Bertz CT molecular complexity index is 744. The summed E-state index contributed by atoms with van der Waals surface area (Å²) in [4.78, 5) is 34.4. The third-order valence-electron chi connectivity index (χ3n) is 5.01. The number of carbonyl (C=O) groups excluding carboxylic acids is 2. The molecule has 2 unspecified atom stereocenters. The summed E-state index contributed by atoms with van der Waals surface area (Å²) in [5, 5.41) is 2.40. The number of likely N-dealkylation sites (N-methyl/N-ethyl adjacent to an activating group) is 1. The van der Waals surface area contributed by atoms with Gasteiger partial charge in [-0.3, -0.25) is 10.1 Å². The summed E-state index contributed by atoms with van der Waals surface area (Å²) in [6.45, 7) is 5.70. The minimum atomic E-state index is -0.445. The summed E-state index contributed by atoms with van der Waals surface area (Å²) in [5.74, 6) is 0.519. The molecule has 0 spiro atoms. The quantitative estimate of drug-likeness (QED) is 0.827. The molecule has 7 heteroatoms. The van der Waals surface area contributed by atoms with Gasteiger partial charge in [0.25, 0.3) is 5.91 Å². The normalized spacial score (nSPS) is 26.2. The van der Waals surface area contributed by atoms with Crippen molar-refractivity contribution in [2.75, 3.05) is 25.0 Å². The van der Waals surface area contributed by atoms with Crippen molar-refractivity contribution in [3.63, 3.8) is 0 Å². The number of hydrogen-bond donors (Lipinski definition) is 1. The molecule has 2 atom stereocenters. The van der Waals surface area contributed by atoms with Gasteiger partial charge in [0.1, 0.15) is 0 Å². The number of urea groups is 1. The lowest BCUT2D eigenvalue weighted by atomic mass is 10.1. The van der Waals surface area contributed by atoms with Gasteiger partial charge in [0.2, 0.25) is 5.96 Å². The van der Waals surface area contributed by atoms with E-state index in [0.29, 0.717) is 0 Å². The highest BCUT2D eigenvalue weighted by atomic mass is 16.2. The molecular formula is C16H19N5O2. The predicted octanol–water partition coefficient (Wildman–Crippen LogP) is 0.671. The van der Waals surface area contributed by atoms with Gasteiger partial charge < -0.3 is 14.7 Å². The van der Waals surface area contributed by atoms with E-state index in [4.69, 9.17) is 4.99 Å². The topological polar surface area (TPSA) is 68.2 Å². The van der Waals surface area contributed by atoms with E-state index < -0.39 is 12.2 Å². The average Bonchev–Trinajstić information content (AvgIpc) is 3.07. The van der Waals surface area contributed by atoms with Crippen LogP contribution in [0.25, 0.3) is 0 Å². The molecule has 3 heterocycles.